The zero-order valence-electron chi connectivity index (χ0n) is 29.0. The number of esters is 1. The molecule has 0 aromatic rings. The van der Waals surface area contributed by atoms with E-state index < -0.39 is 47.1 Å². The van der Waals surface area contributed by atoms with Crippen molar-refractivity contribution in [3.05, 3.63) is 23.4 Å². The smallest absolute Gasteiger partial charge is 0.373 e. The van der Waals surface area contributed by atoms with Gasteiger partial charge in [0.05, 0.1) is 47.0 Å². The predicted molar refractivity (Wildman–Crippen MR) is 204 cm³/mol. The van der Waals surface area contributed by atoms with E-state index in [1.165, 1.54) is 16.7 Å². The molecule has 3 aliphatic heterocycles. The maximum Gasteiger partial charge on any atom is 0.373 e. The summed E-state index contributed by atoms with van der Waals surface area (Å²) >= 11 is 11.7. The first-order valence-corrected chi connectivity index (χ1v) is 22.1. The Morgan fingerprint density at radius 1 is 1.00 bits per heavy atom. The molecule has 0 aliphatic carbocycles. The lowest BCUT2D eigenvalue weighted by atomic mass is 9.89. The monoisotopic (exact) mass is 866 g/mol. The minimum absolute atomic E-state index is 0. The van der Waals surface area contributed by atoms with Gasteiger partial charge in [0.25, 0.3) is 0 Å². The molecule has 3 heterocycles. The number of nitrogens with zero attached hydrogens (tertiary/aromatic N) is 2. The summed E-state index contributed by atoms with van der Waals surface area (Å²) in [6.45, 7) is 9.06. The molecule has 0 aromatic heterocycles. The number of hydrogen-bond donors (Lipinski definition) is 1. The Labute approximate surface area is 335 Å². The molecule has 3 rings (SSSR count). The number of aliphatic carboxylic acids is 3. The van der Waals surface area contributed by atoms with Crippen molar-refractivity contribution in [2.24, 2.45) is 10.9 Å². The van der Waals surface area contributed by atoms with Crippen molar-refractivity contribution in [2.75, 3.05) is 30.4 Å². The van der Waals surface area contributed by atoms with Crippen LogP contribution in [0.1, 0.15) is 66.7 Å². The number of thioether (sulfide) groups is 2. The van der Waals surface area contributed by atoms with E-state index in [4.69, 9.17) is 26.1 Å². The van der Waals surface area contributed by atoms with Crippen molar-refractivity contribution in [1.82, 2.24) is 10.2 Å². The summed E-state index contributed by atoms with van der Waals surface area (Å²) in [5.74, 6) is -5.79. The van der Waals surface area contributed by atoms with E-state index in [1.54, 1.807) is 6.92 Å². The highest BCUT2D eigenvalue weighted by Crippen LogP contribution is 2.45. The van der Waals surface area contributed by atoms with Crippen LogP contribution >= 0.6 is 38.2 Å². The lowest BCUT2D eigenvalue weighted by Crippen LogP contribution is -2.63. The number of rotatable bonds is 17. The van der Waals surface area contributed by atoms with Crippen LogP contribution in [0.3, 0.4) is 0 Å². The average Bonchev–Trinajstić information content (AvgIpc) is 3.11. The SMILES string of the molecule is C.C=C1CSC(C(NC(=O)CCC)C(=O)[O-])N=C1C(=O)[O-].CCCC(=O)CC1C(=O)N2C(C(=O)[O-])=C(COC(=O)CCP=S)CSC12.CCP=S.O=C=O. The molecule has 0 bridgehead atoms. The molecule has 1 N–H and O–H groups in total. The molecule has 0 saturated carbocycles. The molecule has 3 aliphatic rings. The molecule has 54 heavy (non-hydrogen) atoms. The second-order valence-corrected chi connectivity index (χ2v) is 16.1. The molecule has 16 nitrogen and oxygen atoms in total. The normalized spacial score (nSPS) is 18.8. The van der Waals surface area contributed by atoms with E-state index in [0.29, 0.717) is 44.1 Å². The fourth-order valence-corrected chi connectivity index (χ4v) is 7.52. The van der Waals surface area contributed by atoms with E-state index >= 15 is 0 Å². The van der Waals surface area contributed by atoms with Crippen molar-refractivity contribution in [1.29, 1.82) is 0 Å². The molecule has 4 unspecified atom stereocenters. The summed E-state index contributed by atoms with van der Waals surface area (Å²) in [5.41, 5.74) is -0.0117. The number of β-lactam (4-membered cyclic amide) rings is 1. The zero-order chi connectivity index (χ0) is 40.7. The number of Topliss-reactive ketones (excluding diaryl/α,β-unsaturated/α-hetero) is 1. The maximum atomic E-state index is 12.4. The van der Waals surface area contributed by atoms with E-state index in [0.717, 1.165) is 25.3 Å². The first kappa shape index (κ1) is 52.9. The van der Waals surface area contributed by atoms with E-state index in [2.05, 4.69) is 35.6 Å². The standard InChI is InChI=1S/C16H20NO6PS2.C12H16N2O5S.C2H5PS.CO2.CH4/c1-2-3-10(18)6-11-14(20)17-13(16(21)22)9(8-26-15(11)17)7-23-12(19)4-5-24-25;1-3-4-7(15)13-9(12(18)19)10-14-8(11(16)17)6(2)5-20-10;1-2-3-4;2-1-3;/h11,15H,2-8H2,1H3,(H,21,22);9-10H,2-5H2,1H3,(H,13,15)(H,16,17)(H,18,19);2H2,1H3;;1H4/p-3. The van der Waals surface area contributed by atoms with Gasteiger partial charge in [-0.15, -0.1) is 23.5 Å². The van der Waals surface area contributed by atoms with Crippen LogP contribution < -0.4 is 20.6 Å². The fraction of sp³-hybridized carbons (Fsp3) is 0.594. The van der Waals surface area contributed by atoms with E-state index in [1.807, 2.05) is 6.92 Å². The molecule has 300 valence electrons. The van der Waals surface area contributed by atoms with Crippen LogP contribution in [0.2, 0.25) is 0 Å². The number of amides is 2. The Kier molecular flexibility index (Phi) is 28.5. The number of fused-ring (bicyclic) bond motifs is 1. The number of ketones is 1. The maximum absolute atomic E-state index is 12.4. The highest BCUT2D eigenvalue weighted by Gasteiger charge is 2.52. The predicted octanol–water partition coefficient (Wildman–Crippen LogP) is -0.0694. The molecular weight excluding hydrogens is 825 g/mol. The van der Waals surface area contributed by atoms with Gasteiger partial charge in [-0.25, -0.2) is 0 Å². The quantitative estimate of drug-likeness (QED) is 0.114. The molecular formula is C32H42N3O13P2S4-3. The Hall–Kier alpha value is -3.24. The van der Waals surface area contributed by atoms with Crippen LogP contribution in [-0.2, 0) is 71.5 Å². The molecule has 1 saturated heterocycles. The van der Waals surface area contributed by atoms with Gasteiger partial charge >= 0.3 is 12.1 Å². The summed E-state index contributed by atoms with van der Waals surface area (Å²) in [6.07, 6.45) is 4.01. The van der Waals surface area contributed by atoms with Crippen molar-refractivity contribution >= 4 is 115 Å². The van der Waals surface area contributed by atoms with Crippen LogP contribution in [-0.4, -0.2) is 105 Å². The van der Waals surface area contributed by atoms with E-state index in [-0.39, 0.29) is 79.2 Å². The van der Waals surface area contributed by atoms with Crippen molar-refractivity contribution in [3.8, 4) is 0 Å². The van der Waals surface area contributed by atoms with Crippen LogP contribution in [0.4, 0.5) is 0 Å². The minimum atomic E-state index is -1.52. The minimum Gasteiger partial charge on any atom is -0.548 e. The molecule has 0 aromatic carbocycles. The van der Waals surface area contributed by atoms with Gasteiger partial charge in [-0.2, -0.15) is 9.59 Å². The van der Waals surface area contributed by atoms with Gasteiger partial charge < -0.3 is 39.8 Å². The number of carboxylic acid groups (broad SMARTS) is 3. The summed E-state index contributed by atoms with van der Waals surface area (Å²) in [7, 11) is 1.74. The number of carbonyl (C=O) groups is 7. The number of aliphatic imine (C=N–C) groups is 1. The Bertz CT molecular complexity index is 1500. The third-order valence-electron chi connectivity index (χ3n) is 6.82. The van der Waals surface area contributed by atoms with Crippen LogP contribution in [0.25, 0.3) is 0 Å². The van der Waals surface area contributed by atoms with Gasteiger partial charge in [0.15, 0.2) is 0 Å². The molecule has 2 amide bonds. The Morgan fingerprint density at radius 3 is 2.07 bits per heavy atom. The zero-order valence-corrected chi connectivity index (χ0v) is 34.1. The number of hydrogen-bond acceptors (Lipinski definition) is 18. The van der Waals surface area contributed by atoms with Gasteiger partial charge in [0.1, 0.15) is 23.8 Å². The first-order valence-electron chi connectivity index (χ1n) is 15.8. The second-order valence-electron chi connectivity index (χ2n) is 10.7. The lowest BCUT2D eigenvalue weighted by Gasteiger charge is -2.50. The molecule has 0 spiro atoms. The molecule has 4 atom stereocenters. The number of ether oxygens (including phenoxy) is 1. The summed E-state index contributed by atoms with van der Waals surface area (Å²) in [4.78, 5) is 102. The Morgan fingerprint density at radius 2 is 1.59 bits per heavy atom. The third kappa shape index (κ3) is 17.9. The largest absolute Gasteiger partial charge is 0.548 e. The third-order valence-corrected chi connectivity index (χ3v) is 11.4. The summed E-state index contributed by atoms with van der Waals surface area (Å²) in [5, 5.41) is 34.5. The fourth-order valence-electron chi connectivity index (χ4n) is 4.52. The molecule has 0 radical (unpaired) electrons. The van der Waals surface area contributed by atoms with Gasteiger partial charge in [0.2, 0.25) is 11.8 Å². The van der Waals surface area contributed by atoms with Gasteiger partial charge in [-0.3, -0.25) is 29.1 Å². The second kappa shape index (κ2) is 29.1. The first-order chi connectivity index (χ1) is 25.1. The van der Waals surface area contributed by atoms with Crippen LogP contribution in [0, 0.1) is 5.92 Å². The highest BCUT2D eigenvalue weighted by atomic mass is 32.4. The molecule has 22 heteroatoms. The van der Waals surface area contributed by atoms with Crippen molar-refractivity contribution in [3.63, 3.8) is 0 Å². The van der Waals surface area contributed by atoms with Crippen molar-refractivity contribution in [2.45, 2.75) is 83.5 Å². The number of nitrogens with one attached hydrogen (secondary N) is 1. The van der Waals surface area contributed by atoms with Crippen LogP contribution in [0.15, 0.2) is 28.4 Å². The van der Waals surface area contributed by atoms with Gasteiger partial charge in [-0.1, -0.05) is 58.4 Å². The van der Waals surface area contributed by atoms with Crippen molar-refractivity contribution < 1.29 is 63.2 Å². The van der Waals surface area contributed by atoms with Gasteiger partial charge in [0, 0.05) is 42.5 Å². The van der Waals surface area contributed by atoms with Crippen LogP contribution in [0.5, 0.6) is 0 Å². The summed E-state index contributed by atoms with van der Waals surface area (Å²) < 4.78 is 5.09. The lowest BCUT2D eigenvalue weighted by molar-refractivity contribution is -0.308. The average molecular weight is 867 g/mol. The van der Waals surface area contributed by atoms with Gasteiger partial charge in [-0.05, 0) is 39.3 Å². The topological polar surface area (TPSA) is 260 Å². The number of carboxylic acids is 3. The molecule has 1 fully saturated rings. The summed E-state index contributed by atoms with van der Waals surface area (Å²) in [6, 6.07) is -1.39. The number of carbonyl (C=O) groups excluding carboxylic acids is 9. The highest BCUT2D eigenvalue weighted by molar-refractivity contribution is 8.00. The Balaban J connectivity index is 0. The van der Waals surface area contributed by atoms with E-state index in [9.17, 15) is 48.9 Å².